The van der Waals surface area contributed by atoms with Crippen molar-refractivity contribution in [3.8, 4) is 0 Å². The molecule has 1 fully saturated rings. The monoisotopic (exact) mass is 291 g/mol. The molecule has 0 aromatic carbocycles. The van der Waals surface area contributed by atoms with E-state index in [0.717, 1.165) is 38.8 Å². The molecule has 0 bridgehead atoms. The Morgan fingerprint density at radius 2 is 2.31 bits per heavy atom. The Bertz CT molecular complexity index is 223. The van der Waals surface area contributed by atoms with Gasteiger partial charge in [-0.2, -0.15) is 0 Å². The van der Waals surface area contributed by atoms with E-state index in [0.29, 0.717) is 4.83 Å². The Hall–Kier alpha value is -0.0900. The van der Waals surface area contributed by atoms with E-state index < -0.39 is 0 Å². The molecule has 0 spiro atoms. The van der Waals surface area contributed by atoms with Crippen molar-refractivity contribution < 1.29 is 9.53 Å². The fourth-order valence-corrected chi connectivity index (χ4v) is 2.27. The number of alkyl halides is 1. The second-order valence-corrected chi connectivity index (χ2v) is 5.59. The van der Waals surface area contributed by atoms with Gasteiger partial charge in [-0.1, -0.05) is 29.8 Å². The number of hydrogen-bond donors (Lipinski definition) is 1. The van der Waals surface area contributed by atoms with Crippen LogP contribution in [0.2, 0.25) is 0 Å². The SMILES string of the molecule is CCC(Br)CCNC(=O)C1CCOC1CC. The number of carbonyl (C=O) groups excluding carboxylic acids is 1. The highest BCUT2D eigenvalue weighted by Crippen LogP contribution is 2.23. The van der Waals surface area contributed by atoms with Crippen molar-refractivity contribution in [1.82, 2.24) is 5.32 Å². The van der Waals surface area contributed by atoms with Gasteiger partial charge >= 0.3 is 0 Å². The third kappa shape index (κ3) is 4.06. The minimum absolute atomic E-state index is 0.0698. The van der Waals surface area contributed by atoms with Gasteiger partial charge < -0.3 is 10.1 Å². The van der Waals surface area contributed by atoms with Crippen LogP contribution in [0.25, 0.3) is 0 Å². The highest BCUT2D eigenvalue weighted by atomic mass is 79.9. The molecular weight excluding hydrogens is 270 g/mol. The van der Waals surface area contributed by atoms with Crippen molar-refractivity contribution in [1.29, 1.82) is 0 Å². The zero-order valence-corrected chi connectivity index (χ0v) is 11.8. The van der Waals surface area contributed by atoms with Crippen molar-refractivity contribution in [2.75, 3.05) is 13.2 Å². The predicted molar refractivity (Wildman–Crippen MR) is 68.8 cm³/mol. The Balaban J connectivity index is 2.24. The van der Waals surface area contributed by atoms with Crippen molar-refractivity contribution in [3.05, 3.63) is 0 Å². The van der Waals surface area contributed by atoms with Crippen LogP contribution >= 0.6 is 15.9 Å². The van der Waals surface area contributed by atoms with Crippen LogP contribution in [0.1, 0.15) is 39.5 Å². The van der Waals surface area contributed by atoms with Crippen LogP contribution in [0.15, 0.2) is 0 Å². The number of carbonyl (C=O) groups is 1. The first-order chi connectivity index (χ1) is 7.69. The summed E-state index contributed by atoms with van der Waals surface area (Å²) in [6.45, 7) is 5.70. The lowest BCUT2D eigenvalue weighted by Crippen LogP contribution is -2.36. The topological polar surface area (TPSA) is 38.3 Å². The molecule has 0 saturated carbocycles. The number of nitrogens with one attached hydrogen (secondary N) is 1. The van der Waals surface area contributed by atoms with E-state index in [1.807, 2.05) is 0 Å². The molecule has 1 saturated heterocycles. The highest BCUT2D eigenvalue weighted by Gasteiger charge is 2.32. The molecule has 1 rings (SSSR count). The number of rotatable bonds is 6. The Kier molecular flexibility index (Phi) is 6.36. The molecule has 1 heterocycles. The highest BCUT2D eigenvalue weighted by molar-refractivity contribution is 9.09. The summed E-state index contributed by atoms with van der Waals surface area (Å²) >= 11 is 3.56. The first-order valence-corrected chi connectivity index (χ1v) is 7.14. The molecule has 1 aliphatic heterocycles. The van der Waals surface area contributed by atoms with E-state index >= 15 is 0 Å². The summed E-state index contributed by atoms with van der Waals surface area (Å²) in [6.07, 6.45) is 4.02. The largest absolute Gasteiger partial charge is 0.377 e. The van der Waals surface area contributed by atoms with Gasteiger partial charge in [0.25, 0.3) is 0 Å². The van der Waals surface area contributed by atoms with Gasteiger partial charge in [-0.05, 0) is 25.7 Å². The van der Waals surface area contributed by atoms with Crippen molar-refractivity contribution in [3.63, 3.8) is 0 Å². The predicted octanol–water partition coefficient (Wildman–Crippen LogP) is 2.48. The van der Waals surface area contributed by atoms with Gasteiger partial charge in [0.05, 0.1) is 12.0 Å². The van der Waals surface area contributed by atoms with Gasteiger partial charge in [0.15, 0.2) is 0 Å². The third-order valence-corrected chi connectivity index (χ3v) is 4.25. The maximum Gasteiger partial charge on any atom is 0.225 e. The molecule has 3 atom stereocenters. The summed E-state index contributed by atoms with van der Waals surface area (Å²) in [6, 6.07) is 0. The lowest BCUT2D eigenvalue weighted by molar-refractivity contribution is -0.126. The average Bonchev–Trinajstić information content (AvgIpc) is 2.76. The van der Waals surface area contributed by atoms with E-state index in [4.69, 9.17) is 4.74 Å². The maximum atomic E-state index is 11.9. The van der Waals surface area contributed by atoms with E-state index in [-0.39, 0.29) is 17.9 Å². The minimum atomic E-state index is 0.0698. The van der Waals surface area contributed by atoms with Crippen LogP contribution in [0.5, 0.6) is 0 Å². The molecular formula is C12H22BrNO2. The molecule has 94 valence electrons. The lowest BCUT2D eigenvalue weighted by atomic mass is 9.99. The average molecular weight is 292 g/mol. The molecule has 0 aromatic heterocycles. The van der Waals surface area contributed by atoms with Crippen molar-refractivity contribution >= 4 is 21.8 Å². The molecule has 0 aliphatic carbocycles. The summed E-state index contributed by atoms with van der Waals surface area (Å²) in [5.41, 5.74) is 0. The van der Waals surface area contributed by atoms with Gasteiger partial charge in [0, 0.05) is 18.0 Å². The molecule has 4 heteroatoms. The molecule has 16 heavy (non-hydrogen) atoms. The normalized spacial score (nSPS) is 26.7. The Morgan fingerprint density at radius 3 is 2.94 bits per heavy atom. The zero-order chi connectivity index (χ0) is 12.0. The summed E-state index contributed by atoms with van der Waals surface area (Å²) in [5.74, 6) is 0.237. The molecule has 0 aromatic rings. The zero-order valence-electron chi connectivity index (χ0n) is 10.2. The van der Waals surface area contributed by atoms with Crippen LogP contribution in [0.3, 0.4) is 0 Å². The summed E-state index contributed by atoms with van der Waals surface area (Å²) in [4.78, 5) is 12.4. The fraction of sp³-hybridized carbons (Fsp3) is 0.917. The Morgan fingerprint density at radius 1 is 1.56 bits per heavy atom. The number of halogens is 1. The number of ether oxygens (including phenoxy) is 1. The van der Waals surface area contributed by atoms with Crippen LogP contribution in [0, 0.1) is 5.92 Å². The molecule has 3 unspecified atom stereocenters. The standard InChI is InChI=1S/C12H22BrNO2/c1-3-9(13)5-7-14-12(15)10-6-8-16-11(10)4-2/h9-11H,3-8H2,1-2H3,(H,14,15). The van der Waals surface area contributed by atoms with Crippen LogP contribution in [-0.2, 0) is 9.53 Å². The summed E-state index contributed by atoms with van der Waals surface area (Å²) in [7, 11) is 0. The maximum absolute atomic E-state index is 11.9. The first-order valence-electron chi connectivity index (χ1n) is 6.22. The lowest BCUT2D eigenvalue weighted by Gasteiger charge is -2.16. The van der Waals surface area contributed by atoms with Gasteiger partial charge in [-0.3, -0.25) is 4.79 Å². The smallest absolute Gasteiger partial charge is 0.225 e. The van der Waals surface area contributed by atoms with Crippen LogP contribution in [-0.4, -0.2) is 30.0 Å². The van der Waals surface area contributed by atoms with Crippen LogP contribution < -0.4 is 5.32 Å². The fourth-order valence-electron chi connectivity index (χ4n) is 2.04. The third-order valence-electron chi connectivity index (χ3n) is 3.15. The number of hydrogen-bond acceptors (Lipinski definition) is 2. The summed E-state index contributed by atoms with van der Waals surface area (Å²) < 4.78 is 5.51. The van der Waals surface area contributed by atoms with Crippen molar-refractivity contribution in [2.45, 2.75) is 50.5 Å². The van der Waals surface area contributed by atoms with E-state index in [2.05, 4.69) is 35.1 Å². The van der Waals surface area contributed by atoms with E-state index in [1.165, 1.54) is 0 Å². The molecule has 0 radical (unpaired) electrons. The molecule has 3 nitrogen and oxygen atoms in total. The number of amides is 1. The minimum Gasteiger partial charge on any atom is -0.377 e. The van der Waals surface area contributed by atoms with Gasteiger partial charge in [-0.25, -0.2) is 0 Å². The molecule has 1 N–H and O–H groups in total. The van der Waals surface area contributed by atoms with E-state index in [1.54, 1.807) is 0 Å². The Labute approximate surface area is 106 Å². The first kappa shape index (κ1) is 14.0. The van der Waals surface area contributed by atoms with E-state index in [9.17, 15) is 4.79 Å². The summed E-state index contributed by atoms with van der Waals surface area (Å²) in [5, 5.41) is 3.01. The quantitative estimate of drug-likeness (QED) is 0.764. The van der Waals surface area contributed by atoms with Crippen LogP contribution in [0.4, 0.5) is 0 Å². The van der Waals surface area contributed by atoms with Gasteiger partial charge in [0.1, 0.15) is 0 Å². The molecule has 1 amide bonds. The van der Waals surface area contributed by atoms with Crippen molar-refractivity contribution in [2.24, 2.45) is 5.92 Å². The molecule has 1 aliphatic rings. The second-order valence-electron chi connectivity index (χ2n) is 4.30. The van der Waals surface area contributed by atoms with Gasteiger partial charge in [0.2, 0.25) is 5.91 Å². The second kappa shape index (κ2) is 7.28. The van der Waals surface area contributed by atoms with Gasteiger partial charge in [-0.15, -0.1) is 0 Å².